The van der Waals surface area contributed by atoms with Gasteiger partial charge in [-0.3, -0.25) is 9.67 Å². The average molecular weight is 344 g/mol. The molecule has 0 radical (unpaired) electrons. The van der Waals surface area contributed by atoms with Crippen molar-refractivity contribution in [3.8, 4) is 0 Å². The summed E-state index contributed by atoms with van der Waals surface area (Å²) in [7, 11) is 2.00. The van der Waals surface area contributed by atoms with Gasteiger partial charge in [0, 0.05) is 44.8 Å². The first-order valence-corrected chi connectivity index (χ1v) is 10.3. The van der Waals surface area contributed by atoms with Gasteiger partial charge in [-0.05, 0) is 37.2 Å². The highest BCUT2D eigenvalue weighted by molar-refractivity contribution is 5.81. The molecule has 3 unspecified atom stereocenters. The summed E-state index contributed by atoms with van der Waals surface area (Å²) in [4.78, 5) is 7.28. The molecule has 3 aliphatic rings. The second kappa shape index (κ2) is 7.38. The van der Waals surface area contributed by atoms with Crippen LogP contribution in [-0.2, 0) is 7.05 Å². The molecule has 5 nitrogen and oxygen atoms in total. The maximum absolute atomic E-state index is 4.81. The van der Waals surface area contributed by atoms with E-state index in [-0.39, 0.29) is 0 Å². The first kappa shape index (κ1) is 16.9. The van der Waals surface area contributed by atoms with Crippen LogP contribution in [0.1, 0.15) is 63.4 Å². The first-order chi connectivity index (χ1) is 12.2. The summed E-state index contributed by atoms with van der Waals surface area (Å²) in [5.74, 6) is 3.61. The molecule has 0 spiro atoms. The van der Waals surface area contributed by atoms with E-state index in [4.69, 9.17) is 4.99 Å². The lowest BCUT2D eigenvalue weighted by molar-refractivity contribution is 0.314. The largest absolute Gasteiger partial charge is 0.353 e. The highest BCUT2D eigenvalue weighted by atomic mass is 15.3. The summed E-state index contributed by atoms with van der Waals surface area (Å²) in [5, 5.41) is 8.15. The highest BCUT2D eigenvalue weighted by Crippen LogP contribution is 2.44. The van der Waals surface area contributed by atoms with Crippen molar-refractivity contribution in [2.24, 2.45) is 23.9 Å². The average Bonchev–Trinajstić information content (AvgIpc) is 3.02. The molecule has 2 heterocycles. The van der Waals surface area contributed by atoms with Gasteiger partial charge in [0.25, 0.3) is 0 Å². The van der Waals surface area contributed by atoms with Crippen LogP contribution in [0.5, 0.6) is 0 Å². The van der Waals surface area contributed by atoms with E-state index in [1.54, 1.807) is 0 Å². The topological polar surface area (TPSA) is 45.5 Å². The number of aryl methyl sites for hydroxylation is 1. The third-order valence-corrected chi connectivity index (χ3v) is 6.40. The maximum Gasteiger partial charge on any atom is 0.194 e. The molecular weight excluding hydrogens is 310 g/mol. The number of aromatic nitrogens is 2. The molecule has 0 bridgehead atoms. The van der Waals surface area contributed by atoms with Crippen molar-refractivity contribution in [2.75, 3.05) is 19.6 Å². The van der Waals surface area contributed by atoms with Crippen LogP contribution in [0.4, 0.5) is 0 Å². The number of nitrogens with zero attached hydrogens (tertiary/aromatic N) is 4. The van der Waals surface area contributed by atoms with E-state index >= 15 is 0 Å². The van der Waals surface area contributed by atoms with Gasteiger partial charge in [0.05, 0.1) is 6.20 Å². The van der Waals surface area contributed by atoms with Gasteiger partial charge in [-0.25, -0.2) is 0 Å². The van der Waals surface area contributed by atoms with E-state index in [1.807, 2.05) is 17.9 Å². The van der Waals surface area contributed by atoms with Crippen molar-refractivity contribution in [1.29, 1.82) is 0 Å². The van der Waals surface area contributed by atoms with E-state index in [0.29, 0.717) is 12.0 Å². The second-order valence-corrected chi connectivity index (χ2v) is 8.23. The predicted octanol–water partition coefficient (Wildman–Crippen LogP) is 3.14. The number of nitrogens with one attached hydrogen (secondary N) is 1. The molecule has 1 saturated heterocycles. The zero-order valence-corrected chi connectivity index (χ0v) is 15.8. The fourth-order valence-corrected chi connectivity index (χ4v) is 4.89. The Morgan fingerprint density at radius 2 is 2.12 bits per heavy atom. The van der Waals surface area contributed by atoms with Crippen LogP contribution in [0.15, 0.2) is 17.4 Å². The Morgan fingerprint density at radius 1 is 1.28 bits per heavy atom. The number of hydrogen-bond acceptors (Lipinski definition) is 2. The maximum atomic E-state index is 4.81. The van der Waals surface area contributed by atoms with Crippen LogP contribution in [-0.4, -0.2) is 46.3 Å². The van der Waals surface area contributed by atoms with Gasteiger partial charge < -0.3 is 10.2 Å². The fourth-order valence-electron chi connectivity index (χ4n) is 4.89. The van der Waals surface area contributed by atoms with Crippen LogP contribution >= 0.6 is 0 Å². The minimum absolute atomic E-state index is 0.589. The minimum Gasteiger partial charge on any atom is -0.353 e. The Balaban J connectivity index is 1.34. The van der Waals surface area contributed by atoms with Crippen LogP contribution in [0, 0.1) is 11.8 Å². The quantitative estimate of drug-likeness (QED) is 0.675. The van der Waals surface area contributed by atoms with Crippen molar-refractivity contribution in [2.45, 2.75) is 63.8 Å². The van der Waals surface area contributed by atoms with Crippen molar-refractivity contribution < 1.29 is 0 Å². The molecule has 2 saturated carbocycles. The van der Waals surface area contributed by atoms with Crippen molar-refractivity contribution in [3.63, 3.8) is 0 Å². The molecule has 4 rings (SSSR count). The Morgan fingerprint density at radius 3 is 2.84 bits per heavy atom. The van der Waals surface area contributed by atoms with Crippen LogP contribution in [0.25, 0.3) is 0 Å². The summed E-state index contributed by atoms with van der Waals surface area (Å²) < 4.78 is 1.91. The van der Waals surface area contributed by atoms with Gasteiger partial charge >= 0.3 is 0 Å². The number of aliphatic imine (C=N–C) groups is 1. The molecule has 25 heavy (non-hydrogen) atoms. The lowest BCUT2D eigenvalue weighted by atomic mass is 9.85. The fraction of sp³-hybridized carbons (Fsp3) is 0.800. The highest BCUT2D eigenvalue weighted by Gasteiger charge is 2.44. The predicted molar refractivity (Wildman–Crippen MR) is 102 cm³/mol. The number of rotatable bonds is 4. The monoisotopic (exact) mass is 343 g/mol. The summed E-state index contributed by atoms with van der Waals surface area (Å²) in [6, 6.07) is 0.672. The van der Waals surface area contributed by atoms with Gasteiger partial charge in [-0.2, -0.15) is 5.10 Å². The van der Waals surface area contributed by atoms with Gasteiger partial charge in [-0.15, -0.1) is 0 Å². The molecule has 3 atom stereocenters. The number of likely N-dealkylation sites (tertiary alicyclic amines) is 1. The zero-order chi connectivity index (χ0) is 17.2. The summed E-state index contributed by atoms with van der Waals surface area (Å²) in [6.07, 6.45) is 14.0. The third-order valence-electron chi connectivity index (χ3n) is 6.40. The van der Waals surface area contributed by atoms with Gasteiger partial charge in [0.15, 0.2) is 5.96 Å². The molecule has 0 amide bonds. The first-order valence-electron chi connectivity index (χ1n) is 10.3. The Hall–Kier alpha value is -1.52. The van der Waals surface area contributed by atoms with E-state index in [1.165, 1.54) is 50.5 Å². The molecule has 138 valence electrons. The lowest BCUT2D eigenvalue weighted by Crippen LogP contribution is -2.42. The van der Waals surface area contributed by atoms with Gasteiger partial charge in [0.2, 0.25) is 0 Å². The van der Waals surface area contributed by atoms with Crippen LogP contribution in [0.3, 0.4) is 0 Å². The molecule has 3 fully saturated rings. The van der Waals surface area contributed by atoms with Crippen molar-refractivity contribution in [1.82, 2.24) is 20.0 Å². The third kappa shape index (κ3) is 3.85. The second-order valence-electron chi connectivity index (χ2n) is 8.23. The molecular formula is C20H33N5. The lowest BCUT2D eigenvalue weighted by Gasteiger charge is -2.24. The van der Waals surface area contributed by atoms with Crippen LogP contribution in [0.2, 0.25) is 0 Å². The van der Waals surface area contributed by atoms with Crippen LogP contribution < -0.4 is 5.32 Å². The molecule has 2 aliphatic carbocycles. The van der Waals surface area contributed by atoms with E-state index in [2.05, 4.69) is 28.4 Å². The summed E-state index contributed by atoms with van der Waals surface area (Å²) >= 11 is 0. The Labute approximate surface area is 151 Å². The zero-order valence-electron chi connectivity index (χ0n) is 15.8. The van der Waals surface area contributed by atoms with E-state index in [0.717, 1.165) is 37.4 Å². The number of hydrogen-bond donors (Lipinski definition) is 1. The molecule has 0 aromatic carbocycles. The number of guanidine groups is 1. The van der Waals surface area contributed by atoms with Crippen molar-refractivity contribution >= 4 is 5.96 Å². The SMILES string of the molecule is CCN=C(NC1CC1C1CCCCC1)N1CCC(c2cnn(C)c2)C1. The summed E-state index contributed by atoms with van der Waals surface area (Å²) in [5.41, 5.74) is 1.37. The molecule has 1 aromatic rings. The Bertz CT molecular complexity index is 601. The normalized spacial score (nSPS) is 30.7. The van der Waals surface area contributed by atoms with E-state index < -0.39 is 0 Å². The smallest absolute Gasteiger partial charge is 0.194 e. The van der Waals surface area contributed by atoms with E-state index in [9.17, 15) is 0 Å². The van der Waals surface area contributed by atoms with Gasteiger partial charge in [-0.1, -0.05) is 32.1 Å². The molecule has 1 aromatic heterocycles. The molecule has 5 heteroatoms. The van der Waals surface area contributed by atoms with Crippen molar-refractivity contribution in [3.05, 3.63) is 18.0 Å². The van der Waals surface area contributed by atoms with Gasteiger partial charge in [0.1, 0.15) is 0 Å². The minimum atomic E-state index is 0.589. The molecule has 1 aliphatic heterocycles. The molecule has 1 N–H and O–H groups in total. The standard InChI is InChI=1S/C20H33N5/c1-3-21-20(23-19-11-18(19)15-7-5-4-6-8-15)25-10-9-16(14-25)17-12-22-24(2)13-17/h12-13,15-16,18-19H,3-11,14H2,1-2H3,(H,21,23). The Kier molecular flexibility index (Phi) is 5.00. The summed E-state index contributed by atoms with van der Waals surface area (Å²) in [6.45, 7) is 5.17.